The van der Waals surface area contributed by atoms with Crippen LogP contribution in [0, 0.1) is 11.3 Å². The summed E-state index contributed by atoms with van der Waals surface area (Å²) in [6.07, 6.45) is 1.18. The molecule has 0 aliphatic heterocycles. The minimum atomic E-state index is 0.633. The van der Waals surface area contributed by atoms with Crippen molar-refractivity contribution in [2.24, 2.45) is 0 Å². The normalized spacial score (nSPS) is 12.4. The van der Waals surface area contributed by atoms with Gasteiger partial charge in [0.1, 0.15) is 0 Å². The minimum Gasteiger partial charge on any atom is -0.311 e. The minimum absolute atomic E-state index is 0.633. The van der Waals surface area contributed by atoms with Gasteiger partial charge < -0.3 is 10.2 Å². The fourth-order valence-electron chi connectivity index (χ4n) is 1.77. The maximum absolute atomic E-state index is 8.82. The van der Waals surface area contributed by atoms with E-state index in [1.165, 1.54) is 12.0 Å². The zero-order valence-electron chi connectivity index (χ0n) is 11.6. The highest BCUT2D eigenvalue weighted by atomic mass is 15.1. The van der Waals surface area contributed by atoms with Crippen LogP contribution in [0.3, 0.4) is 0 Å². The molecule has 1 atom stereocenters. The Morgan fingerprint density at radius 2 is 2.22 bits per heavy atom. The van der Waals surface area contributed by atoms with E-state index in [2.05, 4.69) is 37.2 Å². The molecule has 1 rings (SSSR count). The van der Waals surface area contributed by atoms with Crippen molar-refractivity contribution in [3.8, 4) is 6.07 Å². The first-order chi connectivity index (χ1) is 8.67. The lowest BCUT2D eigenvalue weighted by Gasteiger charge is -2.23. The summed E-state index contributed by atoms with van der Waals surface area (Å²) in [5.74, 6) is 0. The number of benzene rings is 1. The van der Waals surface area contributed by atoms with E-state index in [0.717, 1.165) is 25.2 Å². The summed E-state index contributed by atoms with van der Waals surface area (Å²) >= 11 is 0. The molecule has 0 aliphatic carbocycles. The Bertz CT molecular complexity index is 395. The molecule has 3 nitrogen and oxygen atoms in total. The molecule has 0 saturated carbocycles. The van der Waals surface area contributed by atoms with Crippen molar-refractivity contribution in [3.63, 3.8) is 0 Å². The van der Waals surface area contributed by atoms with E-state index in [1.54, 1.807) is 0 Å². The zero-order valence-corrected chi connectivity index (χ0v) is 11.6. The largest absolute Gasteiger partial charge is 0.311 e. The maximum atomic E-state index is 8.82. The lowest BCUT2D eigenvalue weighted by molar-refractivity contribution is 0.252. The van der Waals surface area contributed by atoms with Crippen LogP contribution >= 0.6 is 0 Å². The molecule has 0 bridgehead atoms. The van der Waals surface area contributed by atoms with Gasteiger partial charge in [-0.2, -0.15) is 5.26 Å². The van der Waals surface area contributed by atoms with Gasteiger partial charge in [-0.15, -0.1) is 0 Å². The first kappa shape index (κ1) is 14.7. The van der Waals surface area contributed by atoms with E-state index in [1.807, 2.05) is 24.3 Å². The number of nitriles is 1. The molecule has 1 unspecified atom stereocenters. The van der Waals surface area contributed by atoms with Crippen molar-refractivity contribution in [2.45, 2.75) is 32.9 Å². The molecule has 0 aliphatic rings. The summed E-state index contributed by atoms with van der Waals surface area (Å²) in [4.78, 5) is 2.36. The molecule has 98 valence electrons. The molecule has 0 radical (unpaired) electrons. The van der Waals surface area contributed by atoms with E-state index >= 15 is 0 Å². The van der Waals surface area contributed by atoms with Gasteiger partial charge in [0, 0.05) is 25.7 Å². The first-order valence-electron chi connectivity index (χ1n) is 6.57. The Balaban J connectivity index is 2.27. The van der Waals surface area contributed by atoms with Crippen molar-refractivity contribution in [1.82, 2.24) is 10.2 Å². The fourth-order valence-corrected chi connectivity index (χ4v) is 1.77. The molecule has 1 aromatic carbocycles. The molecule has 0 heterocycles. The average Bonchev–Trinajstić information content (AvgIpc) is 2.42. The van der Waals surface area contributed by atoms with E-state index in [4.69, 9.17) is 5.26 Å². The lowest BCUT2D eigenvalue weighted by atomic mass is 10.1. The van der Waals surface area contributed by atoms with Crippen LogP contribution < -0.4 is 5.32 Å². The van der Waals surface area contributed by atoms with Crippen molar-refractivity contribution in [2.75, 3.05) is 20.1 Å². The third-order valence-corrected chi connectivity index (χ3v) is 3.37. The summed E-state index contributed by atoms with van der Waals surface area (Å²) in [6, 6.07) is 10.5. The summed E-state index contributed by atoms with van der Waals surface area (Å²) in [5.41, 5.74) is 1.89. The second-order valence-corrected chi connectivity index (χ2v) is 4.73. The molecule has 18 heavy (non-hydrogen) atoms. The van der Waals surface area contributed by atoms with Gasteiger partial charge in [-0.25, -0.2) is 0 Å². The molecular weight excluding hydrogens is 222 g/mol. The van der Waals surface area contributed by atoms with Gasteiger partial charge in [-0.1, -0.05) is 19.1 Å². The van der Waals surface area contributed by atoms with E-state index in [9.17, 15) is 0 Å². The Hall–Kier alpha value is -1.37. The van der Waals surface area contributed by atoms with Crippen LogP contribution in [0.4, 0.5) is 0 Å². The number of hydrogen-bond donors (Lipinski definition) is 1. The SMILES string of the molecule is CCC(C)N(C)CCNCc1cccc(C#N)c1. The Morgan fingerprint density at radius 1 is 1.44 bits per heavy atom. The number of rotatable bonds is 7. The van der Waals surface area contributed by atoms with Crippen LogP contribution in [-0.4, -0.2) is 31.1 Å². The number of nitrogens with one attached hydrogen (secondary N) is 1. The van der Waals surface area contributed by atoms with Crippen LogP contribution in [0.2, 0.25) is 0 Å². The molecule has 3 heteroatoms. The third-order valence-electron chi connectivity index (χ3n) is 3.37. The van der Waals surface area contributed by atoms with E-state index in [-0.39, 0.29) is 0 Å². The highest BCUT2D eigenvalue weighted by molar-refractivity contribution is 5.32. The van der Waals surface area contributed by atoms with Gasteiger partial charge in [-0.05, 0) is 38.1 Å². The average molecular weight is 245 g/mol. The molecule has 0 aromatic heterocycles. The van der Waals surface area contributed by atoms with Crippen molar-refractivity contribution in [3.05, 3.63) is 35.4 Å². The second kappa shape index (κ2) is 7.86. The Kier molecular flexibility index (Phi) is 6.42. The molecule has 1 aromatic rings. The van der Waals surface area contributed by atoms with Crippen LogP contribution in [0.15, 0.2) is 24.3 Å². The summed E-state index contributed by atoms with van der Waals surface area (Å²) < 4.78 is 0. The lowest BCUT2D eigenvalue weighted by Crippen LogP contribution is -2.34. The molecule has 0 fully saturated rings. The molecule has 0 amide bonds. The smallest absolute Gasteiger partial charge is 0.0991 e. The number of likely N-dealkylation sites (N-methyl/N-ethyl adjacent to an activating group) is 1. The highest BCUT2D eigenvalue weighted by Gasteiger charge is 2.05. The molecule has 1 N–H and O–H groups in total. The van der Waals surface area contributed by atoms with E-state index in [0.29, 0.717) is 6.04 Å². The monoisotopic (exact) mass is 245 g/mol. The number of hydrogen-bond acceptors (Lipinski definition) is 3. The predicted molar refractivity (Wildman–Crippen MR) is 75.2 cm³/mol. The third kappa shape index (κ3) is 4.87. The van der Waals surface area contributed by atoms with Gasteiger partial charge in [0.15, 0.2) is 0 Å². The van der Waals surface area contributed by atoms with Crippen LogP contribution in [-0.2, 0) is 6.54 Å². The second-order valence-electron chi connectivity index (χ2n) is 4.73. The fraction of sp³-hybridized carbons (Fsp3) is 0.533. The molecular formula is C15H23N3. The molecule has 0 saturated heterocycles. The van der Waals surface area contributed by atoms with Gasteiger partial charge in [-0.3, -0.25) is 0 Å². The van der Waals surface area contributed by atoms with Crippen molar-refractivity contribution >= 4 is 0 Å². The number of nitrogens with zero attached hydrogens (tertiary/aromatic N) is 2. The van der Waals surface area contributed by atoms with Crippen LogP contribution in [0.5, 0.6) is 0 Å². The van der Waals surface area contributed by atoms with Crippen molar-refractivity contribution < 1.29 is 0 Å². The quantitative estimate of drug-likeness (QED) is 0.750. The zero-order chi connectivity index (χ0) is 13.4. The standard InChI is InChI=1S/C15H23N3/c1-4-13(2)18(3)9-8-17-12-15-7-5-6-14(10-15)11-16/h5-7,10,13,17H,4,8-9,12H2,1-3H3. The maximum Gasteiger partial charge on any atom is 0.0991 e. The van der Waals surface area contributed by atoms with Crippen LogP contribution in [0.25, 0.3) is 0 Å². The topological polar surface area (TPSA) is 39.1 Å². The van der Waals surface area contributed by atoms with Gasteiger partial charge >= 0.3 is 0 Å². The predicted octanol–water partition coefficient (Wildman–Crippen LogP) is 2.38. The summed E-state index contributed by atoms with van der Waals surface area (Å²) in [7, 11) is 2.16. The van der Waals surface area contributed by atoms with Crippen molar-refractivity contribution in [1.29, 1.82) is 5.26 Å². The first-order valence-corrected chi connectivity index (χ1v) is 6.57. The van der Waals surface area contributed by atoms with Gasteiger partial charge in [0.2, 0.25) is 0 Å². The van der Waals surface area contributed by atoms with Gasteiger partial charge in [0.25, 0.3) is 0 Å². The Labute approximate surface area is 110 Å². The van der Waals surface area contributed by atoms with Crippen LogP contribution in [0.1, 0.15) is 31.4 Å². The summed E-state index contributed by atoms with van der Waals surface area (Å²) in [6.45, 7) is 7.30. The van der Waals surface area contributed by atoms with Gasteiger partial charge in [0.05, 0.1) is 11.6 Å². The highest BCUT2D eigenvalue weighted by Crippen LogP contribution is 2.03. The molecule has 0 spiro atoms. The Morgan fingerprint density at radius 3 is 2.89 bits per heavy atom. The van der Waals surface area contributed by atoms with E-state index < -0.39 is 0 Å². The summed E-state index contributed by atoms with van der Waals surface area (Å²) in [5, 5.41) is 12.2.